The SMILES string of the molecule is O=C(NCc1cc(-c2ccc(C(F)(F)F)cc2)nc(N2CCN(Cc3ccccc3)CC2)c1)[C@@H]1CCCN1S(=O)(=O)c1ccc(Cl)s1. The first kappa shape index (κ1) is 33.4. The largest absolute Gasteiger partial charge is 0.416 e. The number of rotatable bonds is 9. The number of carbonyl (C=O) groups is 1. The number of alkyl halides is 3. The first-order valence-corrected chi connectivity index (χ1v) is 17.9. The van der Waals surface area contributed by atoms with Crippen LogP contribution in [0.2, 0.25) is 4.34 Å². The molecule has 2 saturated heterocycles. The molecule has 2 fully saturated rings. The molecule has 2 aromatic heterocycles. The van der Waals surface area contributed by atoms with Crippen LogP contribution in [0.4, 0.5) is 19.0 Å². The molecule has 2 aromatic carbocycles. The van der Waals surface area contributed by atoms with Crippen LogP contribution in [0.3, 0.4) is 0 Å². The van der Waals surface area contributed by atoms with Crippen molar-refractivity contribution in [3.63, 3.8) is 0 Å². The van der Waals surface area contributed by atoms with Crippen LogP contribution in [-0.2, 0) is 34.1 Å². The summed E-state index contributed by atoms with van der Waals surface area (Å²) in [5, 5.41) is 2.90. The third-order valence-corrected chi connectivity index (χ3v) is 12.0. The summed E-state index contributed by atoms with van der Waals surface area (Å²) in [6, 6.07) is 20.8. The first-order chi connectivity index (χ1) is 22.5. The minimum Gasteiger partial charge on any atom is -0.354 e. The number of benzene rings is 2. The van der Waals surface area contributed by atoms with Gasteiger partial charge < -0.3 is 10.2 Å². The van der Waals surface area contributed by atoms with Crippen LogP contribution in [0.25, 0.3) is 11.3 Å². The van der Waals surface area contributed by atoms with Gasteiger partial charge in [-0.15, -0.1) is 11.3 Å². The summed E-state index contributed by atoms with van der Waals surface area (Å²) < 4.78 is 68.0. The van der Waals surface area contributed by atoms with Crippen molar-refractivity contribution in [3.8, 4) is 11.3 Å². The number of amides is 1. The van der Waals surface area contributed by atoms with E-state index in [1.807, 2.05) is 24.3 Å². The number of carbonyl (C=O) groups excluding carboxylic acids is 1. The quantitative estimate of drug-likeness (QED) is 0.221. The average Bonchev–Trinajstić information content (AvgIpc) is 3.75. The molecule has 0 spiro atoms. The molecule has 14 heteroatoms. The normalized spacial score (nSPS) is 18.0. The zero-order valence-corrected chi connectivity index (χ0v) is 27.7. The van der Waals surface area contributed by atoms with Gasteiger partial charge in [0.05, 0.1) is 15.6 Å². The van der Waals surface area contributed by atoms with E-state index in [4.69, 9.17) is 16.6 Å². The van der Waals surface area contributed by atoms with Gasteiger partial charge in [-0.3, -0.25) is 9.69 Å². The Morgan fingerprint density at radius 3 is 2.32 bits per heavy atom. The number of piperazine rings is 1. The van der Waals surface area contributed by atoms with Gasteiger partial charge in [0, 0.05) is 51.4 Å². The molecule has 0 aliphatic carbocycles. The van der Waals surface area contributed by atoms with Gasteiger partial charge in [0.15, 0.2) is 0 Å². The predicted molar refractivity (Wildman–Crippen MR) is 177 cm³/mol. The fourth-order valence-electron chi connectivity index (χ4n) is 5.94. The lowest BCUT2D eigenvalue weighted by Crippen LogP contribution is -2.46. The van der Waals surface area contributed by atoms with E-state index in [-0.39, 0.29) is 17.3 Å². The third-order valence-electron chi connectivity index (χ3n) is 8.41. The molecule has 2 aliphatic heterocycles. The number of thiophene rings is 1. The summed E-state index contributed by atoms with van der Waals surface area (Å²) in [5.74, 6) is 0.239. The Balaban J connectivity index is 1.20. The number of nitrogens with zero attached hydrogens (tertiary/aromatic N) is 4. The van der Waals surface area contributed by atoms with Crippen molar-refractivity contribution in [1.29, 1.82) is 0 Å². The van der Waals surface area contributed by atoms with Crippen molar-refractivity contribution in [1.82, 2.24) is 19.5 Å². The van der Waals surface area contributed by atoms with Crippen LogP contribution in [0.15, 0.2) is 83.1 Å². The highest BCUT2D eigenvalue weighted by Gasteiger charge is 2.40. The number of nitrogens with one attached hydrogen (secondary N) is 1. The van der Waals surface area contributed by atoms with Crippen molar-refractivity contribution in [2.24, 2.45) is 0 Å². The third kappa shape index (κ3) is 7.81. The molecule has 248 valence electrons. The van der Waals surface area contributed by atoms with E-state index < -0.39 is 33.7 Å². The van der Waals surface area contributed by atoms with E-state index in [1.54, 1.807) is 6.07 Å². The van der Waals surface area contributed by atoms with Crippen molar-refractivity contribution in [2.75, 3.05) is 37.6 Å². The molecule has 47 heavy (non-hydrogen) atoms. The van der Waals surface area contributed by atoms with Gasteiger partial charge in [-0.2, -0.15) is 17.5 Å². The number of hydrogen-bond donors (Lipinski definition) is 1. The molecule has 4 heterocycles. The Morgan fingerprint density at radius 2 is 1.66 bits per heavy atom. The maximum atomic E-state index is 13.4. The number of pyridine rings is 1. The molecule has 1 atom stereocenters. The minimum absolute atomic E-state index is 0.0885. The Bertz CT molecular complexity index is 1810. The molecule has 1 amide bonds. The highest BCUT2D eigenvalue weighted by molar-refractivity contribution is 7.91. The number of hydrogen-bond acceptors (Lipinski definition) is 7. The van der Waals surface area contributed by atoms with Gasteiger partial charge in [0.1, 0.15) is 16.1 Å². The lowest BCUT2D eigenvalue weighted by molar-refractivity contribution is -0.137. The molecule has 0 saturated carbocycles. The second-order valence-electron chi connectivity index (χ2n) is 11.6. The topological polar surface area (TPSA) is 85.8 Å². The second kappa shape index (κ2) is 13.9. The standard InChI is InChI=1S/C33H33ClF3N5O3S2/c34-29-12-13-31(46-29)47(44,45)42-14-4-7-28(42)32(43)38-21-24-19-27(25-8-10-26(11-9-25)33(35,36)37)39-30(20-24)41-17-15-40(16-18-41)22-23-5-2-1-3-6-23/h1-3,5-6,8-13,19-20,28H,4,7,14-18,21-22H2,(H,38,43)/t28-/m0/s1. The molecule has 0 unspecified atom stereocenters. The predicted octanol–water partition coefficient (Wildman–Crippen LogP) is 6.27. The van der Waals surface area contributed by atoms with Crippen LogP contribution in [0.5, 0.6) is 0 Å². The maximum Gasteiger partial charge on any atom is 0.416 e. The van der Waals surface area contributed by atoms with Crippen LogP contribution in [0.1, 0.15) is 29.5 Å². The summed E-state index contributed by atoms with van der Waals surface area (Å²) in [5.41, 5.74) is 2.17. The Hall–Kier alpha value is -3.49. The van der Waals surface area contributed by atoms with Crippen LogP contribution in [-0.4, -0.2) is 67.3 Å². The minimum atomic E-state index is -4.46. The summed E-state index contributed by atoms with van der Waals surface area (Å²) >= 11 is 6.93. The van der Waals surface area contributed by atoms with Crippen molar-refractivity contribution in [3.05, 3.63) is 99.9 Å². The number of halogens is 4. The van der Waals surface area contributed by atoms with E-state index >= 15 is 0 Å². The summed E-state index contributed by atoms with van der Waals surface area (Å²) in [6.45, 7) is 4.14. The first-order valence-electron chi connectivity index (χ1n) is 15.2. The van der Waals surface area contributed by atoms with Gasteiger partial charge in [-0.1, -0.05) is 54.1 Å². The molecule has 0 radical (unpaired) electrons. The molecule has 1 N–H and O–H groups in total. The van der Waals surface area contributed by atoms with Gasteiger partial charge in [-0.05, 0) is 60.4 Å². The lowest BCUT2D eigenvalue weighted by Gasteiger charge is -2.35. The van der Waals surface area contributed by atoms with Gasteiger partial charge in [0.25, 0.3) is 10.0 Å². The number of sulfonamides is 1. The fourth-order valence-corrected chi connectivity index (χ4v) is 9.21. The lowest BCUT2D eigenvalue weighted by atomic mass is 10.1. The van der Waals surface area contributed by atoms with E-state index in [0.29, 0.717) is 52.9 Å². The van der Waals surface area contributed by atoms with E-state index in [1.165, 1.54) is 34.1 Å². The fraction of sp³-hybridized carbons (Fsp3) is 0.333. The number of anilines is 1. The molecule has 0 bridgehead atoms. The van der Waals surface area contributed by atoms with Gasteiger partial charge in [0.2, 0.25) is 5.91 Å². The molecule has 8 nitrogen and oxygen atoms in total. The summed E-state index contributed by atoms with van der Waals surface area (Å²) in [6.07, 6.45) is -3.53. The molecular weight excluding hydrogens is 671 g/mol. The highest BCUT2D eigenvalue weighted by Crippen LogP contribution is 2.33. The molecule has 2 aliphatic rings. The summed E-state index contributed by atoms with van der Waals surface area (Å²) in [4.78, 5) is 22.7. The van der Waals surface area contributed by atoms with E-state index in [9.17, 15) is 26.4 Å². The molecular formula is C33H33ClF3N5O3S2. The van der Waals surface area contributed by atoms with Crippen molar-refractivity contribution in [2.45, 2.75) is 42.4 Å². The molecule has 4 aromatic rings. The van der Waals surface area contributed by atoms with Crippen molar-refractivity contribution >= 4 is 44.7 Å². The Kier molecular flexibility index (Phi) is 9.90. The van der Waals surface area contributed by atoms with E-state index in [2.05, 4.69) is 27.2 Å². The zero-order valence-electron chi connectivity index (χ0n) is 25.3. The van der Waals surface area contributed by atoms with Crippen LogP contribution < -0.4 is 10.2 Å². The Labute approximate surface area is 280 Å². The Morgan fingerprint density at radius 1 is 0.936 bits per heavy atom. The second-order valence-corrected chi connectivity index (χ2v) is 15.4. The average molecular weight is 704 g/mol. The van der Waals surface area contributed by atoms with Gasteiger partial charge in [-0.25, -0.2) is 13.4 Å². The maximum absolute atomic E-state index is 13.4. The number of aromatic nitrogens is 1. The monoisotopic (exact) mass is 703 g/mol. The highest BCUT2D eigenvalue weighted by atomic mass is 35.5. The smallest absolute Gasteiger partial charge is 0.354 e. The van der Waals surface area contributed by atoms with Gasteiger partial charge >= 0.3 is 6.18 Å². The zero-order chi connectivity index (χ0) is 33.2. The van der Waals surface area contributed by atoms with Crippen LogP contribution in [0, 0.1) is 0 Å². The summed E-state index contributed by atoms with van der Waals surface area (Å²) in [7, 11) is -3.89. The van der Waals surface area contributed by atoms with Crippen molar-refractivity contribution < 1.29 is 26.4 Å². The van der Waals surface area contributed by atoms with Crippen LogP contribution >= 0.6 is 22.9 Å². The van der Waals surface area contributed by atoms with E-state index in [0.717, 1.165) is 43.1 Å². The molecule has 6 rings (SSSR count).